The molecule has 9 heteroatoms. The number of hydrogen-bond donors (Lipinski definition) is 3. The van der Waals surface area contributed by atoms with Crippen LogP contribution in [0.2, 0.25) is 0 Å². The summed E-state index contributed by atoms with van der Waals surface area (Å²) >= 11 is 0. The number of anilines is 2. The molecule has 0 aliphatic carbocycles. The molecule has 1 heterocycles. The lowest BCUT2D eigenvalue weighted by atomic mass is 10.0. The second kappa shape index (κ2) is 7.31. The van der Waals surface area contributed by atoms with Crippen molar-refractivity contribution in [3.8, 4) is 16.8 Å². The van der Waals surface area contributed by atoms with Gasteiger partial charge >= 0.3 is 0 Å². The molecule has 1 aromatic heterocycles. The Morgan fingerprint density at radius 2 is 1.86 bits per heavy atom. The minimum absolute atomic E-state index is 0.0196. The minimum Gasteiger partial charge on any atom is -0.382 e. The summed E-state index contributed by atoms with van der Waals surface area (Å²) in [7, 11) is 0. The summed E-state index contributed by atoms with van der Waals surface area (Å²) in [5.41, 5.74) is 11.5. The van der Waals surface area contributed by atoms with Crippen LogP contribution in [-0.2, 0) is 4.79 Å². The summed E-state index contributed by atoms with van der Waals surface area (Å²) in [6.45, 7) is 3.38. The standard InChI is InChI=1S/C19H15F2N5O2/c1-2-16(27)24-11-4-3-5-12(8-11)26-9-13(18(22)25-26)10-6-14(20)17(19(23)28)15(21)7-10/h2-9H,1H2,(H2,22,25)(H2,23,28)(H,24,27). The zero-order chi connectivity index (χ0) is 20.4. The molecule has 0 aliphatic rings. The molecular weight excluding hydrogens is 368 g/mol. The molecule has 7 nitrogen and oxygen atoms in total. The normalized spacial score (nSPS) is 10.5. The maximum Gasteiger partial charge on any atom is 0.254 e. The first-order valence-electron chi connectivity index (χ1n) is 7.98. The maximum atomic E-state index is 14.1. The number of nitrogen functional groups attached to an aromatic ring is 1. The number of nitrogens with zero attached hydrogens (tertiary/aromatic N) is 2. The number of amides is 2. The SMILES string of the molecule is C=CC(=O)Nc1cccc(-n2cc(-c3cc(F)c(C(N)=O)c(F)c3)c(N)n2)c1. The van der Waals surface area contributed by atoms with Crippen LogP contribution in [0.5, 0.6) is 0 Å². The van der Waals surface area contributed by atoms with E-state index in [0.29, 0.717) is 11.4 Å². The molecule has 0 radical (unpaired) electrons. The van der Waals surface area contributed by atoms with Crippen molar-refractivity contribution in [3.63, 3.8) is 0 Å². The molecule has 0 atom stereocenters. The summed E-state index contributed by atoms with van der Waals surface area (Å²) < 4.78 is 29.5. The Morgan fingerprint density at radius 3 is 2.46 bits per heavy atom. The van der Waals surface area contributed by atoms with Crippen LogP contribution in [0.1, 0.15) is 10.4 Å². The lowest BCUT2D eigenvalue weighted by Gasteiger charge is -2.06. The van der Waals surface area contributed by atoms with Crippen molar-refractivity contribution >= 4 is 23.3 Å². The van der Waals surface area contributed by atoms with Crippen LogP contribution < -0.4 is 16.8 Å². The van der Waals surface area contributed by atoms with Crippen LogP contribution in [0.15, 0.2) is 55.3 Å². The fourth-order valence-electron chi connectivity index (χ4n) is 2.63. The van der Waals surface area contributed by atoms with Gasteiger partial charge in [-0.3, -0.25) is 9.59 Å². The Balaban J connectivity index is 2.01. The van der Waals surface area contributed by atoms with Crippen molar-refractivity contribution in [1.29, 1.82) is 0 Å². The maximum absolute atomic E-state index is 14.1. The first kappa shape index (κ1) is 18.8. The molecule has 0 bridgehead atoms. The third kappa shape index (κ3) is 3.58. The zero-order valence-electron chi connectivity index (χ0n) is 14.4. The van der Waals surface area contributed by atoms with Crippen molar-refractivity contribution in [2.24, 2.45) is 5.73 Å². The lowest BCUT2D eigenvalue weighted by molar-refractivity contribution is -0.111. The number of rotatable bonds is 5. The number of benzene rings is 2. The molecule has 0 unspecified atom stereocenters. The van der Waals surface area contributed by atoms with E-state index in [4.69, 9.17) is 11.5 Å². The van der Waals surface area contributed by atoms with Crippen LogP contribution in [0, 0.1) is 11.6 Å². The van der Waals surface area contributed by atoms with Crippen molar-refractivity contribution in [2.75, 3.05) is 11.1 Å². The summed E-state index contributed by atoms with van der Waals surface area (Å²) in [4.78, 5) is 22.6. The molecule has 28 heavy (non-hydrogen) atoms. The zero-order valence-corrected chi connectivity index (χ0v) is 14.4. The van der Waals surface area contributed by atoms with Gasteiger partial charge in [-0.15, -0.1) is 0 Å². The third-order valence-corrected chi connectivity index (χ3v) is 3.91. The highest BCUT2D eigenvalue weighted by atomic mass is 19.1. The quantitative estimate of drug-likeness (QED) is 0.587. The molecule has 0 saturated carbocycles. The summed E-state index contributed by atoms with van der Waals surface area (Å²) in [6, 6.07) is 8.62. The highest BCUT2D eigenvalue weighted by Gasteiger charge is 2.19. The van der Waals surface area contributed by atoms with Gasteiger partial charge in [0.1, 0.15) is 17.2 Å². The van der Waals surface area contributed by atoms with Crippen molar-refractivity contribution in [1.82, 2.24) is 9.78 Å². The van der Waals surface area contributed by atoms with E-state index >= 15 is 0 Å². The monoisotopic (exact) mass is 383 g/mol. The molecule has 142 valence electrons. The number of aromatic nitrogens is 2. The van der Waals surface area contributed by atoms with Gasteiger partial charge in [-0.2, -0.15) is 5.10 Å². The molecule has 0 spiro atoms. The van der Waals surface area contributed by atoms with E-state index in [2.05, 4.69) is 17.0 Å². The number of carbonyl (C=O) groups excluding carboxylic acids is 2. The van der Waals surface area contributed by atoms with Crippen molar-refractivity contribution in [3.05, 3.63) is 72.4 Å². The van der Waals surface area contributed by atoms with Crippen LogP contribution in [0.3, 0.4) is 0 Å². The van der Waals surface area contributed by atoms with Gasteiger partial charge in [0.2, 0.25) is 5.91 Å². The topological polar surface area (TPSA) is 116 Å². The van der Waals surface area contributed by atoms with Gasteiger partial charge in [-0.05, 0) is 42.0 Å². The van der Waals surface area contributed by atoms with E-state index in [0.717, 1.165) is 18.2 Å². The van der Waals surface area contributed by atoms with E-state index in [1.807, 2.05) is 0 Å². The Bertz CT molecular complexity index is 1080. The molecule has 5 N–H and O–H groups in total. The Hall–Kier alpha value is -4.01. The minimum atomic E-state index is -1.20. The van der Waals surface area contributed by atoms with Gasteiger partial charge in [0.15, 0.2) is 5.82 Å². The molecule has 2 aromatic carbocycles. The predicted molar refractivity (Wildman–Crippen MR) is 101 cm³/mol. The predicted octanol–water partition coefficient (Wildman–Crippen LogP) is 2.62. The van der Waals surface area contributed by atoms with Crippen LogP contribution in [0.25, 0.3) is 16.8 Å². The molecule has 0 saturated heterocycles. The van der Waals surface area contributed by atoms with Gasteiger partial charge in [0.05, 0.1) is 5.69 Å². The smallest absolute Gasteiger partial charge is 0.254 e. The summed E-state index contributed by atoms with van der Waals surface area (Å²) in [5, 5.41) is 6.75. The van der Waals surface area contributed by atoms with Crippen LogP contribution in [-0.4, -0.2) is 21.6 Å². The van der Waals surface area contributed by atoms with E-state index in [1.165, 1.54) is 10.9 Å². The molecular formula is C19H15F2N5O2. The number of halogens is 2. The highest BCUT2D eigenvalue weighted by molar-refractivity contribution is 5.99. The number of nitrogens with one attached hydrogen (secondary N) is 1. The largest absolute Gasteiger partial charge is 0.382 e. The average Bonchev–Trinajstić information content (AvgIpc) is 3.02. The second-order valence-corrected chi connectivity index (χ2v) is 5.80. The van der Waals surface area contributed by atoms with Crippen molar-refractivity contribution in [2.45, 2.75) is 0 Å². The highest BCUT2D eigenvalue weighted by Crippen LogP contribution is 2.29. The number of nitrogens with two attached hydrogens (primary N) is 2. The molecule has 0 fully saturated rings. The summed E-state index contributed by atoms with van der Waals surface area (Å²) in [6.07, 6.45) is 2.61. The fourth-order valence-corrected chi connectivity index (χ4v) is 2.63. The number of carbonyl (C=O) groups is 2. The second-order valence-electron chi connectivity index (χ2n) is 5.80. The van der Waals surface area contributed by atoms with Gasteiger partial charge in [0, 0.05) is 17.4 Å². The fraction of sp³-hybridized carbons (Fsp3) is 0. The molecule has 0 aliphatic heterocycles. The van der Waals surface area contributed by atoms with E-state index in [1.54, 1.807) is 24.3 Å². The van der Waals surface area contributed by atoms with E-state index in [-0.39, 0.29) is 22.9 Å². The Labute approximate surface area is 158 Å². The van der Waals surface area contributed by atoms with E-state index in [9.17, 15) is 18.4 Å². The average molecular weight is 383 g/mol. The Morgan fingerprint density at radius 1 is 1.18 bits per heavy atom. The molecule has 3 aromatic rings. The van der Waals surface area contributed by atoms with E-state index < -0.39 is 23.1 Å². The van der Waals surface area contributed by atoms with Gasteiger partial charge in [-0.25, -0.2) is 13.5 Å². The third-order valence-electron chi connectivity index (χ3n) is 3.91. The Kier molecular flexibility index (Phi) is 4.90. The molecule has 3 rings (SSSR count). The molecule has 2 amide bonds. The number of primary amides is 1. The van der Waals surface area contributed by atoms with Crippen LogP contribution >= 0.6 is 0 Å². The summed E-state index contributed by atoms with van der Waals surface area (Å²) in [5.74, 6) is -3.75. The number of hydrogen-bond acceptors (Lipinski definition) is 4. The first-order chi connectivity index (χ1) is 13.3. The first-order valence-corrected chi connectivity index (χ1v) is 7.98. The van der Waals surface area contributed by atoms with Gasteiger partial charge in [0.25, 0.3) is 5.91 Å². The van der Waals surface area contributed by atoms with Gasteiger partial charge < -0.3 is 16.8 Å². The van der Waals surface area contributed by atoms with Gasteiger partial charge in [-0.1, -0.05) is 12.6 Å². The van der Waals surface area contributed by atoms with Crippen molar-refractivity contribution < 1.29 is 18.4 Å². The van der Waals surface area contributed by atoms with Crippen LogP contribution in [0.4, 0.5) is 20.3 Å². The lowest BCUT2D eigenvalue weighted by Crippen LogP contribution is -2.15.